The smallest absolute Gasteiger partial charge is 0.410 e. The zero-order valence-electron chi connectivity index (χ0n) is 14.2. The van der Waals surface area contributed by atoms with E-state index in [0.717, 1.165) is 6.42 Å². The molecular weight excluding hydrogens is 288 g/mol. The Balaban J connectivity index is 2.75. The third-order valence-corrected chi connectivity index (χ3v) is 3.63. The first-order valence-electron chi connectivity index (χ1n) is 7.42. The summed E-state index contributed by atoms with van der Waals surface area (Å²) in [5.41, 5.74) is -0.629. The number of nitrogens with zero attached hydrogens (tertiary/aromatic N) is 2. The van der Waals surface area contributed by atoms with Crippen molar-refractivity contribution in [2.24, 2.45) is 0 Å². The molecule has 1 aliphatic heterocycles. The first-order valence-corrected chi connectivity index (χ1v) is 7.42. The van der Waals surface area contributed by atoms with E-state index in [-0.39, 0.29) is 5.91 Å². The highest BCUT2D eigenvalue weighted by Crippen LogP contribution is 2.21. The number of hydrogen-bond acceptors (Lipinski definition) is 5. The molecule has 1 aliphatic rings. The van der Waals surface area contributed by atoms with Crippen molar-refractivity contribution in [3.05, 3.63) is 0 Å². The number of methoxy groups -OCH3 is 1. The SMILES string of the molecule is COC(=O)[C@@H]1CCCN1C(=O)[C@@H](C)N(C)C(=O)OC(C)(C)C. The lowest BCUT2D eigenvalue weighted by Crippen LogP contribution is -2.51. The highest BCUT2D eigenvalue weighted by atomic mass is 16.6. The molecule has 0 N–H and O–H groups in total. The van der Waals surface area contributed by atoms with Gasteiger partial charge >= 0.3 is 12.1 Å². The maximum atomic E-state index is 12.6. The maximum absolute atomic E-state index is 12.6. The molecule has 1 saturated heterocycles. The molecule has 2 atom stereocenters. The van der Waals surface area contributed by atoms with E-state index in [1.807, 2.05) is 0 Å². The van der Waals surface area contributed by atoms with Gasteiger partial charge in [0.05, 0.1) is 7.11 Å². The minimum Gasteiger partial charge on any atom is -0.467 e. The molecule has 2 amide bonds. The minimum atomic E-state index is -0.708. The van der Waals surface area contributed by atoms with Crippen LogP contribution in [0.15, 0.2) is 0 Å². The summed E-state index contributed by atoms with van der Waals surface area (Å²) in [7, 11) is 2.82. The molecule has 1 fully saturated rings. The highest BCUT2D eigenvalue weighted by molar-refractivity contribution is 5.89. The molecule has 0 aromatic carbocycles. The van der Waals surface area contributed by atoms with Crippen LogP contribution < -0.4 is 0 Å². The monoisotopic (exact) mass is 314 g/mol. The second-order valence-electron chi connectivity index (χ2n) is 6.48. The van der Waals surface area contributed by atoms with Gasteiger partial charge in [-0.3, -0.25) is 9.69 Å². The Kier molecular flexibility index (Phi) is 5.79. The van der Waals surface area contributed by atoms with E-state index < -0.39 is 29.7 Å². The Hall–Kier alpha value is -1.79. The zero-order valence-corrected chi connectivity index (χ0v) is 14.2. The van der Waals surface area contributed by atoms with Gasteiger partial charge in [-0.25, -0.2) is 9.59 Å². The Morgan fingerprint density at radius 2 is 1.86 bits per heavy atom. The van der Waals surface area contributed by atoms with Crippen LogP contribution in [0.1, 0.15) is 40.5 Å². The van der Waals surface area contributed by atoms with Crippen LogP contribution in [0.4, 0.5) is 4.79 Å². The molecule has 7 heteroatoms. The van der Waals surface area contributed by atoms with E-state index in [9.17, 15) is 14.4 Å². The van der Waals surface area contributed by atoms with Crippen LogP contribution in [0.25, 0.3) is 0 Å². The summed E-state index contributed by atoms with van der Waals surface area (Å²) < 4.78 is 9.98. The molecule has 0 aromatic rings. The average Bonchev–Trinajstić information content (AvgIpc) is 2.91. The molecule has 0 unspecified atom stereocenters. The fourth-order valence-electron chi connectivity index (χ4n) is 2.31. The third kappa shape index (κ3) is 4.35. The molecule has 0 spiro atoms. The predicted molar refractivity (Wildman–Crippen MR) is 80.2 cm³/mol. The van der Waals surface area contributed by atoms with Crippen LogP contribution in [-0.2, 0) is 19.1 Å². The lowest BCUT2D eigenvalue weighted by atomic mass is 10.2. The van der Waals surface area contributed by atoms with Crippen LogP contribution in [0.3, 0.4) is 0 Å². The summed E-state index contributed by atoms with van der Waals surface area (Å²) in [5, 5.41) is 0. The number of carbonyl (C=O) groups excluding carboxylic acids is 3. The van der Waals surface area contributed by atoms with Gasteiger partial charge in [0, 0.05) is 13.6 Å². The number of amides is 2. The van der Waals surface area contributed by atoms with E-state index in [1.165, 1.54) is 24.0 Å². The van der Waals surface area contributed by atoms with Crippen molar-refractivity contribution in [1.29, 1.82) is 0 Å². The van der Waals surface area contributed by atoms with E-state index in [4.69, 9.17) is 9.47 Å². The van der Waals surface area contributed by atoms with E-state index in [0.29, 0.717) is 13.0 Å². The van der Waals surface area contributed by atoms with Crippen molar-refractivity contribution in [3.8, 4) is 0 Å². The summed E-state index contributed by atoms with van der Waals surface area (Å²) in [6.07, 6.45) is 0.762. The Morgan fingerprint density at radius 1 is 1.27 bits per heavy atom. The topological polar surface area (TPSA) is 76.2 Å². The first kappa shape index (κ1) is 18.3. The van der Waals surface area contributed by atoms with Crippen molar-refractivity contribution in [2.45, 2.75) is 58.2 Å². The standard InChI is InChI=1S/C15H26N2O5/c1-10(16(5)14(20)22-15(2,3)4)12(18)17-9-7-8-11(17)13(19)21-6/h10-11H,7-9H2,1-6H3/t10-,11+/m1/s1. The van der Waals surface area contributed by atoms with E-state index >= 15 is 0 Å². The number of carbonyl (C=O) groups is 3. The number of hydrogen-bond donors (Lipinski definition) is 0. The third-order valence-electron chi connectivity index (χ3n) is 3.63. The molecule has 0 radical (unpaired) electrons. The summed E-state index contributed by atoms with van der Waals surface area (Å²) in [4.78, 5) is 39.0. The number of likely N-dealkylation sites (tertiary alicyclic amines) is 1. The molecule has 0 bridgehead atoms. The molecule has 7 nitrogen and oxygen atoms in total. The molecular formula is C15H26N2O5. The molecule has 126 valence electrons. The van der Waals surface area contributed by atoms with Crippen molar-refractivity contribution in [2.75, 3.05) is 20.7 Å². The van der Waals surface area contributed by atoms with Gasteiger partial charge < -0.3 is 14.4 Å². The fourth-order valence-corrected chi connectivity index (χ4v) is 2.31. The van der Waals surface area contributed by atoms with E-state index in [1.54, 1.807) is 27.7 Å². The van der Waals surface area contributed by atoms with Crippen molar-refractivity contribution in [3.63, 3.8) is 0 Å². The minimum absolute atomic E-state index is 0.277. The van der Waals surface area contributed by atoms with Gasteiger partial charge in [0.15, 0.2) is 0 Å². The average molecular weight is 314 g/mol. The van der Waals surface area contributed by atoms with Crippen LogP contribution in [0, 0.1) is 0 Å². The number of ether oxygens (including phenoxy) is 2. The molecule has 1 heterocycles. The van der Waals surface area contributed by atoms with E-state index in [2.05, 4.69) is 0 Å². The Bertz CT molecular complexity index is 444. The van der Waals surface area contributed by atoms with Gasteiger partial charge in [-0.05, 0) is 40.5 Å². The lowest BCUT2D eigenvalue weighted by molar-refractivity contribution is -0.152. The van der Waals surface area contributed by atoms with Crippen molar-refractivity contribution >= 4 is 18.0 Å². The summed E-state index contributed by atoms with van der Waals surface area (Å²) in [6, 6.07) is -1.27. The summed E-state index contributed by atoms with van der Waals surface area (Å²) in [5.74, 6) is -0.695. The van der Waals surface area contributed by atoms with Crippen LogP contribution in [0.2, 0.25) is 0 Å². The van der Waals surface area contributed by atoms with Crippen molar-refractivity contribution < 1.29 is 23.9 Å². The first-order chi connectivity index (χ1) is 10.1. The second kappa shape index (κ2) is 6.98. The van der Waals surface area contributed by atoms with Gasteiger partial charge in [0.1, 0.15) is 17.7 Å². The highest BCUT2D eigenvalue weighted by Gasteiger charge is 2.38. The lowest BCUT2D eigenvalue weighted by Gasteiger charge is -2.31. The number of rotatable bonds is 3. The van der Waals surface area contributed by atoms with Gasteiger partial charge in [0.25, 0.3) is 0 Å². The molecule has 0 saturated carbocycles. The summed E-state index contributed by atoms with van der Waals surface area (Å²) >= 11 is 0. The molecule has 1 rings (SSSR count). The molecule has 0 aromatic heterocycles. The fraction of sp³-hybridized carbons (Fsp3) is 0.800. The Labute approximate surface area is 131 Å². The largest absolute Gasteiger partial charge is 0.467 e. The van der Waals surface area contributed by atoms with Crippen LogP contribution >= 0.6 is 0 Å². The zero-order chi connectivity index (χ0) is 17.1. The second-order valence-corrected chi connectivity index (χ2v) is 6.48. The normalized spacial score (nSPS) is 19.5. The maximum Gasteiger partial charge on any atom is 0.410 e. The number of likely N-dealkylation sites (N-methyl/N-ethyl adjacent to an activating group) is 1. The van der Waals surface area contributed by atoms with Gasteiger partial charge in [-0.15, -0.1) is 0 Å². The van der Waals surface area contributed by atoms with Gasteiger partial charge in [-0.2, -0.15) is 0 Å². The predicted octanol–water partition coefficient (Wildman–Crippen LogP) is 1.41. The van der Waals surface area contributed by atoms with Crippen molar-refractivity contribution in [1.82, 2.24) is 9.80 Å². The molecule has 22 heavy (non-hydrogen) atoms. The summed E-state index contributed by atoms with van der Waals surface area (Å²) in [6.45, 7) is 7.40. The Morgan fingerprint density at radius 3 is 2.36 bits per heavy atom. The van der Waals surface area contributed by atoms with Gasteiger partial charge in [-0.1, -0.05) is 0 Å². The quantitative estimate of drug-likeness (QED) is 0.736. The van der Waals surface area contributed by atoms with Crippen LogP contribution in [0.5, 0.6) is 0 Å². The van der Waals surface area contributed by atoms with Gasteiger partial charge in [0.2, 0.25) is 5.91 Å². The number of esters is 1. The molecule has 0 aliphatic carbocycles. The van der Waals surface area contributed by atoms with Crippen LogP contribution in [-0.4, -0.2) is 66.2 Å².